The predicted octanol–water partition coefficient (Wildman–Crippen LogP) is 3.71. The number of hydrogen-bond donors (Lipinski definition) is 1. The molecule has 0 atom stereocenters. The van der Waals surface area contributed by atoms with Crippen LogP contribution in [-0.2, 0) is 24.4 Å². The van der Waals surface area contributed by atoms with Gasteiger partial charge in [0.25, 0.3) is 0 Å². The highest BCUT2D eigenvalue weighted by atomic mass is 79.9. The maximum atomic E-state index is 12.6. The van der Waals surface area contributed by atoms with Crippen molar-refractivity contribution >= 4 is 32.9 Å². The molecule has 9 heteroatoms. The zero-order chi connectivity index (χ0) is 22.0. The molecule has 0 spiro atoms. The quantitative estimate of drug-likeness (QED) is 0.433. The van der Waals surface area contributed by atoms with Crippen molar-refractivity contribution in [3.8, 4) is 16.9 Å². The largest absolute Gasteiger partial charge is 0.497 e. The lowest BCUT2D eigenvalue weighted by atomic mass is 10.0. The fraction of sp³-hybridized carbons (Fsp3) is 0.273. The number of methoxy groups -OCH3 is 1. The Morgan fingerprint density at radius 3 is 2.68 bits per heavy atom. The second kappa shape index (κ2) is 8.89. The normalized spacial score (nSPS) is 11.1. The van der Waals surface area contributed by atoms with Gasteiger partial charge in [-0.15, -0.1) is 0 Å². The van der Waals surface area contributed by atoms with E-state index in [9.17, 15) is 4.79 Å². The van der Waals surface area contributed by atoms with Crippen molar-refractivity contribution in [1.29, 1.82) is 0 Å². The zero-order valence-electron chi connectivity index (χ0n) is 17.6. The molecule has 0 saturated heterocycles. The van der Waals surface area contributed by atoms with Gasteiger partial charge in [-0.1, -0.05) is 12.1 Å². The summed E-state index contributed by atoms with van der Waals surface area (Å²) in [6.45, 7) is 5.15. The number of carbonyl (C=O) groups excluding carboxylic acids is 1. The second-order valence-corrected chi connectivity index (χ2v) is 7.91. The van der Waals surface area contributed by atoms with Crippen LogP contribution >= 0.6 is 15.9 Å². The molecule has 0 fully saturated rings. The third-order valence-electron chi connectivity index (χ3n) is 5.15. The van der Waals surface area contributed by atoms with Gasteiger partial charge in [0.1, 0.15) is 12.3 Å². The van der Waals surface area contributed by atoms with E-state index in [4.69, 9.17) is 4.74 Å². The van der Waals surface area contributed by atoms with Gasteiger partial charge in [-0.3, -0.25) is 9.48 Å². The molecule has 1 aromatic carbocycles. The third-order valence-corrected chi connectivity index (χ3v) is 5.82. The van der Waals surface area contributed by atoms with Gasteiger partial charge in [0, 0.05) is 18.1 Å². The van der Waals surface area contributed by atoms with Crippen LogP contribution < -0.4 is 10.1 Å². The summed E-state index contributed by atoms with van der Waals surface area (Å²) in [5, 5.41) is 12.7. The van der Waals surface area contributed by atoms with Crippen molar-refractivity contribution in [2.24, 2.45) is 0 Å². The highest BCUT2D eigenvalue weighted by Gasteiger charge is 2.16. The van der Waals surface area contributed by atoms with E-state index in [2.05, 4.69) is 36.4 Å². The number of nitrogens with zero attached hydrogens (tertiary/aromatic N) is 5. The molecule has 0 aliphatic heterocycles. The Labute approximate surface area is 188 Å². The number of ether oxygens (including phenoxy) is 1. The lowest BCUT2D eigenvalue weighted by Gasteiger charge is -2.09. The highest BCUT2D eigenvalue weighted by molar-refractivity contribution is 9.10. The molecule has 0 radical (unpaired) electrons. The van der Waals surface area contributed by atoms with Crippen molar-refractivity contribution in [1.82, 2.24) is 29.9 Å². The SMILES string of the molecule is CCn1ncc(Br)c1CNC(=O)Cn1nc(C)c2c(-c3ccc(OC)cc3)ccnc21. The Morgan fingerprint density at radius 2 is 1.97 bits per heavy atom. The van der Waals surface area contributed by atoms with Crippen molar-refractivity contribution in [3.63, 3.8) is 0 Å². The number of aromatic nitrogens is 5. The van der Waals surface area contributed by atoms with Crippen LogP contribution in [0.25, 0.3) is 22.2 Å². The van der Waals surface area contributed by atoms with Gasteiger partial charge in [-0.25, -0.2) is 9.67 Å². The smallest absolute Gasteiger partial charge is 0.242 e. The molecule has 4 aromatic rings. The summed E-state index contributed by atoms with van der Waals surface area (Å²) in [4.78, 5) is 17.1. The minimum absolute atomic E-state index is 0.0846. The molecule has 0 aliphatic carbocycles. The molecule has 3 aromatic heterocycles. The first-order chi connectivity index (χ1) is 15.0. The molecule has 160 valence electrons. The molecule has 3 heterocycles. The fourth-order valence-electron chi connectivity index (χ4n) is 3.61. The lowest BCUT2D eigenvalue weighted by molar-refractivity contribution is -0.122. The fourth-order valence-corrected chi connectivity index (χ4v) is 4.05. The highest BCUT2D eigenvalue weighted by Crippen LogP contribution is 2.30. The van der Waals surface area contributed by atoms with Gasteiger partial charge >= 0.3 is 0 Å². The van der Waals surface area contributed by atoms with E-state index >= 15 is 0 Å². The van der Waals surface area contributed by atoms with Crippen LogP contribution in [-0.4, -0.2) is 37.6 Å². The van der Waals surface area contributed by atoms with Crippen LogP contribution in [0.5, 0.6) is 5.75 Å². The summed E-state index contributed by atoms with van der Waals surface area (Å²) in [6.07, 6.45) is 3.48. The summed E-state index contributed by atoms with van der Waals surface area (Å²) >= 11 is 3.48. The van der Waals surface area contributed by atoms with Crippen LogP contribution in [0.15, 0.2) is 47.2 Å². The van der Waals surface area contributed by atoms with Crippen LogP contribution in [0.4, 0.5) is 0 Å². The topological polar surface area (TPSA) is 86.9 Å². The van der Waals surface area contributed by atoms with Crippen molar-refractivity contribution < 1.29 is 9.53 Å². The van der Waals surface area contributed by atoms with Crippen molar-refractivity contribution in [2.75, 3.05) is 7.11 Å². The second-order valence-electron chi connectivity index (χ2n) is 7.06. The summed E-state index contributed by atoms with van der Waals surface area (Å²) in [5.74, 6) is 0.658. The van der Waals surface area contributed by atoms with Gasteiger partial charge < -0.3 is 10.1 Å². The number of nitrogens with one attached hydrogen (secondary N) is 1. The number of halogens is 1. The molecular formula is C22H23BrN6O2. The lowest BCUT2D eigenvalue weighted by Crippen LogP contribution is -2.28. The Hall–Kier alpha value is -3.20. The van der Waals surface area contributed by atoms with Gasteiger partial charge in [-0.2, -0.15) is 10.2 Å². The number of fused-ring (bicyclic) bond motifs is 1. The number of hydrogen-bond acceptors (Lipinski definition) is 5. The van der Waals surface area contributed by atoms with E-state index < -0.39 is 0 Å². The Balaban J connectivity index is 1.57. The molecule has 31 heavy (non-hydrogen) atoms. The maximum absolute atomic E-state index is 12.6. The summed E-state index contributed by atoms with van der Waals surface area (Å²) in [5.41, 5.74) is 4.50. The minimum atomic E-state index is -0.142. The summed E-state index contributed by atoms with van der Waals surface area (Å²) in [6, 6.07) is 9.83. The minimum Gasteiger partial charge on any atom is -0.497 e. The molecule has 0 unspecified atom stereocenters. The number of benzene rings is 1. The van der Waals surface area contributed by atoms with E-state index in [-0.39, 0.29) is 12.5 Å². The molecule has 0 aliphatic rings. The molecule has 4 rings (SSSR count). The average molecular weight is 483 g/mol. The van der Waals surface area contributed by atoms with Crippen LogP contribution in [0.2, 0.25) is 0 Å². The standard InChI is InChI=1S/C22H23BrN6O2/c1-4-28-19(18(23)11-26-28)12-25-20(30)13-29-22-21(14(2)27-29)17(9-10-24-22)15-5-7-16(31-3)8-6-15/h5-11H,4,12-13H2,1-3H3,(H,25,30). The van der Waals surface area contributed by atoms with Gasteiger partial charge in [0.2, 0.25) is 5.91 Å². The number of carbonyl (C=O) groups is 1. The summed E-state index contributed by atoms with van der Waals surface area (Å²) < 4.78 is 9.63. The number of amides is 1. The number of pyridine rings is 1. The average Bonchev–Trinajstić information content (AvgIpc) is 3.31. The van der Waals surface area contributed by atoms with E-state index in [1.54, 1.807) is 24.2 Å². The Bertz CT molecular complexity index is 1230. The van der Waals surface area contributed by atoms with Gasteiger partial charge in [0.05, 0.1) is 35.7 Å². The molecular weight excluding hydrogens is 460 g/mol. The third kappa shape index (κ3) is 4.18. The zero-order valence-corrected chi connectivity index (χ0v) is 19.2. The van der Waals surface area contributed by atoms with Gasteiger partial charge in [-0.05, 0) is 59.1 Å². The number of aryl methyl sites for hydroxylation is 2. The first-order valence-corrected chi connectivity index (χ1v) is 10.7. The first kappa shape index (κ1) is 21.0. The number of rotatable bonds is 7. The predicted molar refractivity (Wildman–Crippen MR) is 122 cm³/mol. The van der Waals surface area contributed by atoms with E-state index in [1.807, 2.05) is 48.9 Å². The summed E-state index contributed by atoms with van der Waals surface area (Å²) in [7, 11) is 1.65. The Kier molecular flexibility index (Phi) is 6.03. The Morgan fingerprint density at radius 1 is 1.19 bits per heavy atom. The molecule has 0 bridgehead atoms. The maximum Gasteiger partial charge on any atom is 0.242 e. The molecule has 1 amide bonds. The van der Waals surface area contributed by atoms with Crippen LogP contribution in [0.3, 0.4) is 0 Å². The van der Waals surface area contributed by atoms with E-state index in [0.29, 0.717) is 12.2 Å². The molecule has 0 saturated carbocycles. The monoisotopic (exact) mass is 482 g/mol. The van der Waals surface area contributed by atoms with Crippen LogP contribution in [0.1, 0.15) is 18.3 Å². The molecule has 8 nitrogen and oxygen atoms in total. The molecule has 1 N–H and O–H groups in total. The van der Waals surface area contributed by atoms with Crippen molar-refractivity contribution in [3.05, 3.63) is 58.6 Å². The van der Waals surface area contributed by atoms with Crippen molar-refractivity contribution in [2.45, 2.75) is 33.5 Å². The van der Waals surface area contributed by atoms with Gasteiger partial charge in [0.15, 0.2) is 5.65 Å². The van der Waals surface area contributed by atoms with E-state index in [0.717, 1.165) is 44.7 Å². The first-order valence-electron chi connectivity index (χ1n) is 9.95. The van der Waals surface area contributed by atoms with Crippen LogP contribution in [0, 0.1) is 6.92 Å². The van der Waals surface area contributed by atoms with E-state index in [1.165, 1.54) is 0 Å².